The fourth-order valence-electron chi connectivity index (χ4n) is 1.10. The molecule has 7 heteroatoms. The van der Waals surface area contributed by atoms with E-state index in [4.69, 9.17) is 10.5 Å². The molecule has 0 aliphatic carbocycles. The smallest absolute Gasteiger partial charge is 0.238 e. The van der Waals surface area contributed by atoms with Gasteiger partial charge in [0.1, 0.15) is 11.6 Å². The highest BCUT2D eigenvalue weighted by Gasteiger charge is 2.09. The zero-order valence-electron chi connectivity index (χ0n) is 8.32. The minimum Gasteiger partial charge on any atom is -0.436 e. The molecule has 1 heterocycles. The normalized spacial score (nSPS) is 10.3. The lowest BCUT2D eigenvalue weighted by Gasteiger charge is -2.08. The van der Waals surface area contributed by atoms with Crippen LogP contribution >= 0.6 is 31.9 Å². The molecule has 2 N–H and O–H groups in total. The summed E-state index contributed by atoms with van der Waals surface area (Å²) in [6.07, 6.45) is 1.48. The predicted molar refractivity (Wildman–Crippen MR) is 68.3 cm³/mol. The molecule has 2 aromatic rings. The van der Waals surface area contributed by atoms with E-state index in [-0.39, 0.29) is 17.6 Å². The van der Waals surface area contributed by atoms with E-state index in [0.717, 1.165) is 0 Å². The van der Waals surface area contributed by atoms with E-state index in [2.05, 4.69) is 41.8 Å². The van der Waals surface area contributed by atoms with Gasteiger partial charge in [0.15, 0.2) is 0 Å². The first-order valence-corrected chi connectivity index (χ1v) is 6.06. The molecule has 0 radical (unpaired) electrons. The third kappa shape index (κ3) is 2.92. The van der Waals surface area contributed by atoms with Crippen LogP contribution < -0.4 is 10.5 Å². The number of hydrogen-bond donors (Lipinski definition) is 1. The Kier molecular flexibility index (Phi) is 3.58. The van der Waals surface area contributed by atoms with Gasteiger partial charge in [-0.3, -0.25) is 0 Å². The Labute approximate surface area is 113 Å². The van der Waals surface area contributed by atoms with Gasteiger partial charge in [0.05, 0.1) is 15.1 Å². The average Bonchev–Trinajstić information content (AvgIpc) is 2.27. The average molecular weight is 363 g/mol. The van der Waals surface area contributed by atoms with Crippen LogP contribution in [0.25, 0.3) is 0 Å². The number of halogens is 3. The van der Waals surface area contributed by atoms with Crippen molar-refractivity contribution in [1.29, 1.82) is 0 Å². The van der Waals surface area contributed by atoms with Crippen molar-refractivity contribution in [3.8, 4) is 11.6 Å². The largest absolute Gasteiger partial charge is 0.436 e. The molecule has 0 aliphatic rings. The fourth-order valence-corrected chi connectivity index (χ4v) is 1.80. The van der Waals surface area contributed by atoms with Gasteiger partial charge in [-0.2, -0.15) is 4.98 Å². The zero-order valence-corrected chi connectivity index (χ0v) is 11.5. The fraction of sp³-hybridized carbons (Fsp3) is 0. The zero-order chi connectivity index (χ0) is 12.4. The molecule has 0 amide bonds. The molecule has 0 saturated heterocycles. The topological polar surface area (TPSA) is 61.0 Å². The van der Waals surface area contributed by atoms with Crippen LogP contribution in [0.3, 0.4) is 0 Å². The molecular weight excluding hydrogens is 357 g/mol. The molecule has 0 unspecified atom stereocenters. The molecule has 88 valence electrons. The van der Waals surface area contributed by atoms with E-state index in [1.54, 1.807) is 0 Å². The van der Waals surface area contributed by atoms with Crippen molar-refractivity contribution in [2.24, 2.45) is 0 Å². The number of ether oxygens (including phenoxy) is 1. The summed E-state index contributed by atoms with van der Waals surface area (Å²) in [5.74, 6) is 0.446. The quantitative estimate of drug-likeness (QED) is 0.887. The Morgan fingerprint density at radius 3 is 2.71 bits per heavy atom. The second-order valence-corrected chi connectivity index (χ2v) is 4.77. The van der Waals surface area contributed by atoms with Crippen LogP contribution in [-0.4, -0.2) is 9.97 Å². The van der Waals surface area contributed by atoms with Gasteiger partial charge in [-0.1, -0.05) is 0 Å². The Morgan fingerprint density at radius 1 is 1.24 bits per heavy atom. The van der Waals surface area contributed by atoms with Crippen molar-refractivity contribution in [3.05, 3.63) is 39.2 Å². The molecule has 0 atom stereocenters. The van der Waals surface area contributed by atoms with Gasteiger partial charge in [0.2, 0.25) is 11.8 Å². The van der Waals surface area contributed by atoms with Gasteiger partial charge in [0.25, 0.3) is 0 Å². The molecule has 1 aromatic carbocycles. The van der Waals surface area contributed by atoms with E-state index in [1.807, 2.05) is 0 Å². The molecule has 1 aromatic heterocycles. The van der Waals surface area contributed by atoms with E-state index >= 15 is 0 Å². The van der Waals surface area contributed by atoms with Gasteiger partial charge >= 0.3 is 0 Å². The third-order valence-electron chi connectivity index (χ3n) is 1.83. The summed E-state index contributed by atoms with van der Waals surface area (Å²) in [6.45, 7) is 0. The summed E-state index contributed by atoms with van der Waals surface area (Å²) in [4.78, 5) is 7.70. The monoisotopic (exact) mass is 361 g/mol. The second-order valence-electron chi connectivity index (χ2n) is 3.06. The number of hydrogen-bond acceptors (Lipinski definition) is 4. The highest BCUT2D eigenvalue weighted by molar-refractivity contribution is 9.11. The van der Waals surface area contributed by atoms with Crippen LogP contribution in [0.15, 0.2) is 33.3 Å². The number of anilines is 1. The number of aromatic nitrogens is 2. The van der Waals surface area contributed by atoms with Crippen LogP contribution in [0.2, 0.25) is 0 Å². The van der Waals surface area contributed by atoms with E-state index in [1.165, 1.54) is 24.4 Å². The third-order valence-corrected chi connectivity index (χ3v) is 2.99. The van der Waals surface area contributed by atoms with E-state index < -0.39 is 0 Å². The Bertz CT molecular complexity index is 565. The Balaban J connectivity index is 2.34. The molecule has 0 spiro atoms. The predicted octanol–water partition coefficient (Wildman–Crippen LogP) is 3.52. The van der Waals surface area contributed by atoms with Crippen LogP contribution in [0.4, 0.5) is 10.3 Å². The summed E-state index contributed by atoms with van der Waals surface area (Å²) >= 11 is 6.42. The maximum atomic E-state index is 12.9. The standard InChI is InChI=1S/C10H6Br2FN3O/c11-6-3-5(13)1-2-8(6)17-9-7(12)4-15-10(14)16-9/h1-4H,(H2,14,15,16). The van der Waals surface area contributed by atoms with Crippen molar-refractivity contribution in [1.82, 2.24) is 9.97 Å². The van der Waals surface area contributed by atoms with Gasteiger partial charge in [-0.05, 0) is 50.1 Å². The van der Waals surface area contributed by atoms with Crippen LogP contribution in [-0.2, 0) is 0 Å². The lowest BCUT2D eigenvalue weighted by Crippen LogP contribution is -1.97. The molecule has 17 heavy (non-hydrogen) atoms. The number of nitrogen functional groups attached to an aromatic ring is 1. The number of benzene rings is 1. The number of nitrogens with zero attached hydrogens (tertiary/aromatic N) is 2. The Hall–Kier alpha value is -1.21. The maximum absolute atomic E-state index is 12.9. The summed E-state index contributed by atoms with van der Waals surface area (Å²) in [5.41, 5.74) is 5.45. The molecule has 0 saturated carbocycles. The van der Waals surface area contributed by atoms with Crippen molar-refractivity contribution < 1.29 is 9.13 Å². The van der Waals surface area contributed by atoms with Gasteiger partial charge in [0, 0.05) is 0 Å². The van der Waals surface area contributed by atoms with Crippen LogP contribution in [0.5, 0.6) is 11.6 Å². The Morgan fingerprint density at radius 2 is 2.00 bits per heavy atom. The van der Waals surface area contributed by atoms with Crippen LogP contribution in [0.1, 0.15) is 0 Å². The molecule has 2 rings (SSSR count). The maximum Gasteiger partial charge on any atom is 0.238 e. The highest BCUT2D eigenvalue weighted by Crippen LogP contribution is 2.32. The van der Waals surface area contributed by atoms with Gasteiger partial charge in [-0.15, -0.1) is 0 Å². The highest BCUT2D eigenvalue weighted by atomic mass is 79.9. The minimum absolute atomic E-state index is 0.0986. The van der Waals surface area contributed by atoms with E-state index in [9.17, 15) is 4.39 Å². The summed E-state index contributed by atoms with van der Waals surface area (Å²) in [5, 5.41) is 0. The molecule has 0 aliphatic heterocycles. The summed E-state index contributed by atoms with van der Waals surface area (Å²) in [7, 11) is 0. The van der Waals surface area contributed by atoms with Gasteiger partial charge in [-0.25, -0.2) is 9.37 Å². The van der Waals surface area contributed by atoms with Crippen molar-refractivity contribution >= 4 is 37.8 Å². The molecule has 0 fully saturated rings. The second kappa shape index (κ2) is 4.97. The number of nitrogens with two attached hydrogens (primary N) is 1. The first-order valence-electron chi connectivity index (χ1n) is 4.47. The van der Waals surface area contributed by atoms with Crippen molar-refractivity contribution in [2.75, 3.05) is 5.73 Å². The number of rotatable bonds is 2. The molecule has 0 bridgehead atoms. The van der Waals surface area contributed by atoms with Crippen molar-refractivity contribution in [2.45, 2.75) is 0 Å². The first kappa shape index (κ1) is 12.3. The van der Waals surface area contributed by atoms with Crippen LogP contribution in [0, 0.1) is 5.82 Å². The summed E-state index contributed by atoms with van der Waals surface area (Å²) < 4.78 is 19.4. The molecular formula is C10H6Br2FN3O. The molecule has 4 nitrogen and oxygen atoms in total. The lowest BCUT2D eigenvalue weighted by atomic mass is 10.3. The minimum atomic E-state index is -0.356. The van der Waals surface area contributed by atoms with Gasteiger partial charge < -0.3 is 10.5 Å². The van der Waals surface area contributed by atoms with Crippen molar-refractivity contribution in [3.63, 3.8) is 0 Å². The van der Waals surface area contributed by atoms with E-state index in [0.29, 0.717) is 14.7 Å². The lowest BCUT2D eigenvalue weighted by molar-refractivity contribution is 0.454. The summed E-state index contributed by atoms with van der Waals surface area (Å²) in [6, 6.07) is 4.08. The SMILES string of the molecule is Nc1ncc(Br)c(Oc2ccc(F)cc2Br)n1. The first-order chi connectivity index (χ1) is 8.06.